The van der Waals surface area contributed by atoms with E-state index in [2.05, 4.69) is 21.4 Å². The van der Waals surface area contributed by atoms with Crippen molar-refractivity contribution >= 4 is 28.8 Å². The summed E-state index contributed by atoms with van der Waals surface area (Å²) >= 11 is 0. The second-order valence-electron chi connectivity index (χ2n) is 11.0. The molecule has 1 saturated heterocycles. The smallest absolute Gasteiger partial charge is 0.478 e. The molecule has 5 rings (SSSR count). The summed E-state index contributed by atoms with van der Waals surface area (Å²) in [4.78, 5) is 50.2. The van der Waals surface area contributed by atoms with E-state index >= 15 is 4.39 Å². The van der Waals surface area contributed by atoms with Crippen LogP contribution in [0.5, 0.6) is 0 Å². The Bertz CT molecular complexity index is 1970. The summed E-state index contributed by atoms with van der Waals surface area (Å²) in [5.74, 6) is -4.41. The fourth-order valence-corrected chi connectivity index (χ4v) is 5.12. The number of aryl methyl sites for hydroxylation is 1. The van der Waals surface area contributed by atoms with E-state index < -0.39 is 29.6 Å². The van der Waals surface area contributed by atoms with Crippen LogP contribution in [-0.4, -0.2) is 73.5 Å². The summed E-state index contributed by atoms with van der Waals surface area (Å²) in [6.07, 6.45) is -3.41. The number of carboxylic acids is 2. The van der Waals surface area contributed by atoms with Gasteiger partial charge < -0.3 is 20.4 Å². The van der Waals surface area contributed by atoms with Crippen LogP contribution in [0.3, 0.4) is 0 Å². The molecule has 1 aliphatic rings. The number of hydrogen-bond acceptors (Lipinski definition) is 9. The summed E-state index contributed by atoms with van der Waals surface area (Å²) in [7, 11) is 0. The molecule has 3 N–H and O–H groups in total. The SMILES string of the molecule is Cc1ccnc(C(C)C)c1-n1c(=O)nc(N2CCNCC2C)c2cc(C#N)c(-c3cc(C(=O)O)ccc3F)nc21.O=C(O)C(F)(F)F. The van der Waals surface area contributed by atoms with Gasteiger partial charge in [0.25, 0.3) is 0 Å². The van der Waals surface area contributed by atoms with E-state index in [0.717, 1.165) is 23.8 Å². The van der Waals surface area contributed by atoms with Crippen LogP contribution >= 0.6 is 0 Å². The van der Waals surface area contributed by atoms with Gasteiger partial charge in [0.2, 0.25) is 0 Å². The number of aliphatic carboxylic acids is 1. The highest BCUT2D eigenvalue weighted by molar-refractivity contribution is 5.94. The van der Waals surface area contributed by atoms with Gasteiger partial charge >= 0.3 is 23.8 Å². The Morgan fingerprint density at radius 1 is 1.15 bits per heavy atom. The van der Waals surface area contributed by atoms with Crippen LogP contribution in [0.1, 0.15) is 53.9 Å². The van der Waals surface area contributed by atoms with Crippen molar-refractivity contribution in [1.29, 1.82) is 5.26 Å². The monoisotopic (exact) mass is 655 g/mol. The van der Waals surface area contributed by atoms with E-state index in [0.29, 0.717) is 42.2 Å². The van der Waals surface area contributed by atoms with Crippen molar-refractivity contribution in [3.8, 4) is 23.0 Å². The molecule has 246 valence electrons. The molecular weight excluding hydrogens is 626 g/mol. The zero-order chi connectivity index (χ0) is 34.8. The lowest BCUT2D eigenvalue weighted by molar-refractivity contribution is -0.192. The summed E-state index contributed by atoms with van der Waals surface area (Å²) in [5, 5.41) is 30.5. The van der Waals surface area contributed by atoms with Crippen molar-refractivity contribution in [2.45, 2.75) is 45.8 Å². The topological polar surface area (TPSA) is 174 Å². The third-order valence-corrected chi connectivity index (χ3v) is 7.38. The van der Waals surface area contributed by atoms with Gasteiger partial charge in [-0.3, -0.25) is 4.98 Å². The number of carboxylic acid groups (broad SMARTS) is 2. The van der Waals surface area contributed by atoms with Gasteiger partial charge in [-0.05, 0) is 55.7 Å². The van der Waals surface area contributed by atoms with Gasteiger partial charge in [0.15, 0.2) is 5.65 Å². The molecule has 3 aromatic heterocycles. The maximum atomic E-state index is 15.1. The fraction of sp³-hybridized carbons (Fsp3) is 0.323. The number of aromatic nitrogens is 4. The van der Waals surface area contributed by atoms with Gasteiger partial charge in [-0.15, -0.1) is 0 Å². The van der Waals surface area contributed by atoms with Crippen LogP contribution < -0.4 is 15.9 Å². The van der Waals surface area contributed by atoms with Gasteiger partial charge in [0.05, 0.1) is 33.6 Å². The molecule has 1 aromatic carbocycles. The number of fused-ring (bicyclic) bond motifs is 1. The van der Waals surface area contributed by atoms with Gasteiger partial charge in [-0.1, -0.05) is 13.8 Å². The van der Waals surface area contributed by atoms with Gasteiger partial charge in [0, 0.05) is 37.4 Å². The largest absolute Gasteiger partial charge is 0.490 e. The maximum absolute atomic E-state index is 15.1. The molecular formula is C31H29F4N7O5. The Balaban J connectivity index is 0.000000644. The summed E-state index contributed by atoms with van der Waals surface area (Å²) in [5.41, 5.74) is 1.16. The van der Waals surface area contributed by atoms with Crippen molar-refractivity contribution < 1.29 is 37.4 Å². The molecule has 1 atom stereocenters. The first-order valence-corrected chi connectivity index (χ1v) is 14.2. The number of piperazine rings is 1. The standard InChI is InChI=1S/C29H28FN7O3.C2HF3O2/c1-15(2)23-25(16(3)7-8-33-23)37-27-21(26(35-29(37)40)36-10-9-32-14-17(36)4)12-19(13-31)24(34-27)20-11-18(28(38)39)5-6-22(20)30;3-2(4,5)1(6)7/h5-8,11-12,15,17,32H,9-10,14H2,1-4H3,(H,38,39);(H,6,7). The van der Waals surface area contributed by atoms with Crippen LogP contribution in [-0.2, 0) is 4.79 Å². The van der Waals surface area contributed by atoms with E-state index in [4.69, 9.17) is 14.9 Å². The predicted octanol–water partition coefficient (Wildman–Crippen LogP) is 4.41. The highest BCUT2D eigenvalue weighted by Crippen LogP contribution is 2.34. The Labute approximate surface area is 264 Å². The maximum Gasteiger partial charge on any atom is 0.490 e. The van der Waals surface area contributed by atoms with Crippen LogP contribution in [0.2, 0.25) is 0 Å². The number of nitriles is 1. The van der Waals surface area contributed by atoms with Gasteiger partial charge in [-0.2, -0.15) is 23.4 Å². The third-order valence-electron chi connectivity index (χ3n) is 7.38. The lowest BCUT2D eigenvalue weighted by Gasteiger charge is -2.35. The Kier molecular flexibility index (Phi) is 9.90. The van der Waals surface area contributed by atoms with Crippen LogP contribution in [0.15, 0.2) is 41.3 Å². The highest BCUT2D eigenvalue weighted by Gasteiger charge is 2.38. The zero-order valence-electron chi connectivity index (χ0n) is 25.6. The van der Waals surface area contributed by atoms with E-state index in [-0.39, 0.29) is 40.0 Å². The molecule has 0 bridgehead atoms. The third kappa shape index (κ3) is 7.04. The minimum Gasteiger partial charge on any atom is -0.478 e. The molecule has 0 aliphatic carbocycles. The molecule has 0 amide bonds. The van der Waals surface area contributed by atoms with E-state index in [1.807, 2.05) is 32.6 Å². The van der Waals surface area contributed by atoms with Gasteiger partial charge in [0.1, 0.15) is 17.7 Å². The Hall–Kier alpha value is -5.43. The summed E-state index contributed by atoms with van der Waals surface area (Å²) in [6, 6.07) is 8.74. The molecule has 1 unspecified atom stereocenters. The second-order valence-corrected chi connectivity index (χ2v) is 11.0. The fourth-order valence-electron chi connectivity index (χ4n) is 5.12. The lowest BCUT2D eigenvalue weighted by atomic mass is 10.0. The molecule has 4 aromatic rings. The van der Waals surface area contributed by atoms with Crippen molar-refractivity contribution in [2.75, 3.05) is 24.5 Å². The number of benzene rings is 1. The normalized spacial score (nSPS) is 14.8. The molecule has 16 heteroatoms. The molecule has 0 radical (unpaired) electrons. The van der Waals surface area contributed by atoms with Crippen molar-refractivity contribution in [1.82, 2.24) is 24.8 Å². The van der Waals surface area contributed by atoms with Crippen LogP contribution in [0.25, 0.3) is 28.0 Å². The molecule has 47 heavy (non-hydrogen) atoms. The Morgan fingerprint density at radius 2 is 1.83 bits per heavy atom. The number of aromatic carboxylic acids is 1. The number of nitrogens with one attached hydrogen (secondary N) is 1. The van der Waals surface area contributed by atoms with Crippen molar-refractivity contribution in [3.05, 3.63) is 75.2 Å². The van der Waals surface area contributed by atoms with E-state index in [9.17, 15) is 33.1 Å². The van der Waals surface area contributed by atoms with Crippen molar-refractivity contribution in [3.63, 3.8) is 0 Å². The van der Waals surface area contributed by atoms with Crippen molar-refractivity contribution in [2.24, 2.45) is 0 Å². The quantitative estimate of drug-likeness (QED) is 0.260. The molecule has 0 spiro atoms. The highest BCUT2D eigenvalue weighted by atomic mass is 19.4. The average Bonchev–Trinajstić information content (AvgIpc) is 3.00. The number of alkyl halides is 3. The summed E-state index contributed by atoms with van der Waals surface area (Å²) in [6.45, 7) is 9.72. The number of anilines is 1. The number of carbonyl (C=O) groups is 2. The molecule has 4 heterocycles. The van der Waals surface area contributed by atoms with Gasteiger partial charge in [-0.25, -0.2) is 28.3 Å². The molecule has 1 fully saturated rings. The Morgan fingerprint density at radius 3 is 2.40 bits per heavy atom. The minimum atomic E-state index is -5.08. The number of halogens is 4. The summed E-state index contributed by atoms with van der Waals surface area (Å²) < 4.78 is 48.2. The first-order valence-electron chi connectivity index (χ1n) is 14.2. The first-order chi connectivity index (χ1) is 22.1. The first kappa shape index (κ1) is 34.4. The minimum absolute atomic E-state index is 0.000887. The molecule has 0 saturated carbocycles. The second kappa shape index (κ2) is 13.5. The number of hydrogen-bond donors (Lipinski definition) is 3. The van der Waals surface area contributed by atoms with E-state index in [1.165, 1.54) is 4.57 Å². The predicted molar refractivity (Wildman–Crippen MR) is 162 cm³/mol. The number of pyridine rings is 2. The van der Waals surface area contributed by atoms with E-state index in [1.54, 1.807) is 18.3 Å². The van der Waals surface area contributed by atoms with Crippen LogP contribution in [0.4, 0.5) is 23.4 Å². The number of nitrogens with zero attached hydrogens (tertiary/aromatic N) is 6. The number of rotatable bonds is 5. The molecule has 12 nitrogen and oxygen atoms in total. The zero-order valence-corrected chi connectivity index (χ0v) is 25.6. The molecule has 1 aliphatic heterocycles. The lowest BCUT2D eigenvalue weighted by Crippen LogP contribution is -2.50. The van der Waals surface area contributed by atoms with Crippen LogP contribution in [0, 0.1) is 24.1 Å². The average molecular weight is 656 g/mol.